The first-order chi connectivity index (χ1) is 23.0. The summed E-state index contributed by atoms with van der Waals surface area (Å²) in [7, 11) is -3.72. The van der Waals surface area contributed by atoms with Gasteiger partial charge in [0.1, 0.15) is 11.7 Å². The second kappa shape index (κ2) is 23.0. The molecule has 0 spiro atoms. The topological polar surface area (TPSA) is 61.8 Å². The fraction of sp³-hybridized carbons (Fsp3) is 0.561. The number of unbranched alkanes of at least 4 members (excludes halogenated alkanes) is 15. The Hall–Kier alpha value is -2.51. The molecule has 1 unspecified atom stereocenters. The van der Waals surface area contributed by atoms with Gasteiger partial charge in [-0.2, -0.15) is 8.42 Å². The molecule has 1 atom stereocenters. The summed E-state index contributed by atoms with van der Waals surface area (Å²) in [5, 5.41) is 0. The number of hydrogen-bond donors (Lipinski definition) is 0. The predicted molar refractivity (Wildman–Crippen MR) is 195 cm³/mol. The van der Waals surface area contributed by atoms with Gasteiger partial charge in [0, 0.05) is 6.61 Å². The van der Waals surface area contributed by atoms with Crippen LogP contribution in [0.3, 0.4) is 0 Å². The first-order valence-electron chi connectivity index (χ1n) is 18.2. The number of hydrogen-bond acceptors (Lipinski definition) is 5. The maximum atomic E-state index is 12.2. The molecule has 6 heteroatoms. The highest BCUT2D eigenvalue weighted by molar-refractivity contribution is 7.86. The summed E-state index contributed by atoms with van der Waals surface area (Å²) in [4.78, 5) is 0. The van der Waals surface area contributed by atoms with Crippen LogP contribution in [0.1, 0.15) is 126 Å². The molecule has 0 aliphatic rings. The van der Waals surface area contributed by atoms with E-state index < -0.39 is 21.8 Å². The Morgan fingerprint density at radius 3 is 1.26 bits per heavy atom. The maximum absolute atomic E-state index is 12.2. The number of benzene rings is 3. The standard InChI is InChI=1S/C41H60O5S/c1-3-4-5-6-7-8-9-10-11-12-13-14-15-16-17-27-34-44-35-40(46-47(2,42)43)36-45-41(37-28-21-18-22-29-37,38-30-23-19-24-31-38)39-32-25-20-26-33-39/h18-26,28-33,40H,3-17,27,34-36H2,1-2H3. The van der Waals surface area contributed by atoms with E-state index in [0.29, 0.717) is 6.61 Å². The quantitative estimate of drug-likeness (QED) is 0.0461. The van der Waals surface area contributed by atoms with Crippen LogP contribution in [0.5, 0.6) is 0 Å². The Kier molecular flexibility index (Phi) is 19.0. The average Bonchev–Trinajstić information content (AvgIpc) is 3.08. The molecule has 3 aromatic carbocycles. The molecular formula is C41H60O5S. The Balaban J connectivity index is 1.43. The van der Waals surface area contributed by atoms with Crippen LogP contribution in [0, 0.1) is 0 Å². The Bertz CT molecular complexity index is 1180. The van der Waals surface area contributed by atoms with E-state index in [4.69, 9.17) is 13.7 Å². The van der Waals surface area contributed by atoms with E-state index in [9.17, 15) is 8.42 Å². The molecule has 0 aliphatic heterocycles. The van der Waals surface area contributed by atoms with Gasteiger partial charge in [-0.25, -0.2) is 0 Å². The van der Waals surface area contributed by atoms with Crippen LogP contribution in [-0.2, 0) is 29.4 Å². The molecular weight excluding hydrogens is 605 g/mol. The van der Waals surface area contributed by atoms with Gasteiger partial charge in [-0.15, -0.1) is 0 Å². The van der Waals surface area contributed by atoms with Gasteiger partial charge in [-0.05, 0) is 23.1 Å². The molecule has 0 aliphatic carbocycles. The maximum Gasteiger partial charge on any atom is 0.264 e. The van der Waals surface area contributed by atoms with E-state index in [1.54, 1.807) is 0 Å². The van der Waals surface area contributed by atoms with Crippen molar-refractivity contribution in [2.24, 2.45) is 0 Å². The van der Waals surface area contributed by atoms with Gasteiger partial charge in [-0.1, -0.05) is 194 Å². The molecule has 0 radical (unpaired) electrons. The van der Waals surface area contributed by atoms with E-state index in [2.05, 4.69) is 6.92 Å². The molecule has 0 heterocycles. The van der Waals surface area contributed by atoms with Crippen molar-refractivity contribution in [1.29, 1.82) is 0 Å². The molecule has 3 rings (SSSR count). The van der Waals surface area contributed by atoms with Crippen molar-refractivity contribution in [3.8, 4) is 0 Å². The van der Waals surface area contributed by atoms with Gasteiger partial charge in [0.15, 0.2) is 0 Å². The number of rotatable bonds is 27. The number of ether oxygens (including phenoxy) is 2. The molecule has 5 nitrogen and oxygen atoms in total. The summed E-state index contributed by atoms with van der Waals surface area (Å²) in [6, 6.07) is 30.1. The smallest absolute Gasteiger partial charge is 0.264 e. The molecule has 0 fully saturated rings. The van der Waals surface area contributed by atoms with Gasteiger partial charge >= 0.3 is 0 Å². The highest BCUT2D eigenvalue weighted by Gasteiger charge is 2.38. The minimum absolute atomic E-state index is 0.0325. The van der Waals surface area contributed by atoms with Crippen molar-refractivity contribution < 1.29 is 22.1 Å². The minimum atomic E-state index is -3.72. The van der Waals surface area contributed by atoms with Crippen LogP contribution in [0.15, 0.2) is 91.0 Å². The molecule has 0 bridgehead atoms. The lowest BCUT2D eigenvalue weighted by Gasteiger charge is -2.37. The van der Waals surface area contributed by atoms with Gasteiger partial charge in [-0.3, -0.25) is 4.18 Å². The third kappa shape index (κ3) is 15.1. The molecule has 3 aromatic rings. The minimum Gasteiger partial charge on any atom is -0.379 e. The van der Waals surface area contributed by atoms with Crippen molar-refractivity contribution >= 4 is 10.1 Å². The summed E-state index contributed by atoms with van der Waals surface area (Å²) >= 11 is 0. The Morgan fingerprint density at radius 1 is 0.532 bits per heavy atom. The van der Waals surface area contributed by atoms with Crippen LogP contribution < -0.4 is 0 Å². The Labute approximate surface area is 286 Å². The van der Waals surface area contributed by atoms with E-state index in [1.165, 1.54) is 89.9 Å². The van der Waals surface area contributed by atoms with Gasteiger partial charge in [0.25, 0.3) is 10.1 Å². The van der Waals surface area contributed by atoms with Crippen LogP contribution in [0.25, 0.3) is 0 Å². The molecule has 0 aromatic heterocycles. The van der Waals surface area contributed by atoms with E-state index >= 15 is 0 Å². The predicted octanol–water partition coefficient (Wildman–Crippen LogP) is 10.6. The third-order valence-electron chi connectivity index (χ3n) is 8.78. The van der Waals surface area contributed by atoms with Gasteiger partial charge < -0.3 is 9.47 Å². The summed E-state index contributed by atoms with van der Waals surface area (Å²) in [5.41, 5.74) is 1.88. The highest BCUT2D eigenvalue weighted by atomic mass is 32.2. The molecule has 260 valence electrons. The zero-order valence-corrected chi connectivity index (χ0v) is 29.9. The zero-order valence-electron chi connectivity index (χ0n) is 29.1. The van der Waals surface area contributed by atoms with E-state index in [-0.39, 0.29) is 13.2 Å². The third-order valence-corrected chi connectivity index (χ3v) is 9.41. The lowest BCUT2D eigenvalue weighted by molar-refractivity contribution is -0.0533. The fourth-order valence-electron chi connectivity index (χ4n) is 6.30. The molecule has 0 saturated carbocycles. The summed E-state index contributed by atoms with van der Waals surface area (Å²) in [6.07, 6.45) is 21.4. The van der Waals surface area contributed by atoms with Crippen LogP contribution in [-0.4, -0.2) is 40.6 Å². The normalized spacial score (nSPS) is 12.7. The molecule has 0 N–H and O–H groups in total. The van der Waals surface area contributed by atoms with Gasteiger partial charge in [0.05, 0.1) is 19.5 Å². The van der Waals surface area contributed by atoms with E-state index in [0.717, 1.165) is 35.8 Å². The second-order valence-corrected chi connectivity index (χ2v) is 14.5. The van der Waals surface area contributed by atoms with Crippen molar-refractivity contribution in [2.45, 2.75) is 121 Å². The van der Waals surface area contributed by atoms with Crippen LogP contribution in [0.4, 0.5) is 0 Å². The van der Waals surface area contributed by atoms with Crippen molar-refractivity contribution in [1.82, 2.24) is 0 Å². The zero-order chi connectivity index (χ0) is 33.5. The molecule has 47 heavy (non-hydrogen) atoms. The highest BCUT2D eigenvalue weighted by Crippen LogP contribution is 2.40. The first-order valence-corrected chi connectivity index (χ1v) is 20.0. The lowest BCUT2D eigenvalue weighted by atomic mass is 9.80. The summed E-state index contributed by atoms with van der Waals surface area (Å²) in [5.74, 6) is 0. The summed E-state index contributed by atoms with van der Waals surface area (Å²) < 4.78 is 42.8. The average molecular weight is 665 g/mol. The molecule has 0 amide bonds. The first kappa shape index (κ1) is 38.9. The SMILES string of the molecule is CCCCCCCCCCCCCCCCCCOCC(COC(c1ccccc1)(c1ccccc1)c1ccccc1)OS(C)(=O)=O. The van der Waals surface area contributed by atoms with Crippen molar-refractivity contribution in [2.75, 3.05) is 26.1 Å². The van der Waals surface area contributed by atoms with Crippen molar-refractivity contribution in [3.63, 3.8) is 0 Å². The van der Waals surface area contributed by atoms with E-state index in [1.807, 2.05) is 91.0 Å². The van der Waals surface area contributed by atoms with Crippen LogP contribution in [0.2, 0.25) is 0 Å². The fourth-order valence-corrected chi connectivity index (χ4v) is 6.91. The second-order valence-electron chi connectivity index (χ2n) is 12.9. The lowest BCUT2D eigenvalue weighted by Crippen LogP contribution is -2.38. The Morgan fingerprint density at radius 2 is 0.894 bits per heavy atom. The van der Waals surface area contributed by atoms with Gasteiger partial charge in [0.2, 0.25) is 0 Å². The van der Waals surface area contributed by atoms with Crippen LogP contribution >= 0.6 is 0 Å². The molecule has 0 saturated heterocycles. The van der Waals surface area contributed by atoms with Crippen molar-refractivity contribution in [3.05, 3.63) is 108 Å². The monoisotopic (exact) mass is 664 g/mol. The largest absolute Gasteiger partial charge is 0.379 e. The summed E-state index contributed by atoms with van der Waals surface area (Å²) in [6.45, 7) is 3.02.